The third-order valence-electron chi connectivity index (χ3n) is 3.69. The minimum Gasteiger partial charge on any atom is -0.496 e. The van der Waals surface area contributed by atoms with Gasteiger partial charge in [0, 0.05) is 17.3 Å². The van der Waals surface area contributed by atoms with Crippen LogP contribution < -0.4 is 10.3 Å². The molecule has 0 saturated carbocycles. The molecule has 0 aliphatic heterocycles. The fourth-order valence-electron chi connectivity index (χ4n) is 2.51. The molecule has 0 unspecified atom stereocenters. The van der Waals surface area contributed by atoms with Crippen molar-refractivity contribution in [2.75, 3.05) is 13.4 Å². The number of nitrogens with zero attached hydrogens (tertiary/aromatic N) is 4. The third-order valence-corrected chi connectivity index (χ3v) is 4.47. The largest absolute Gasteiger partial charge is 0.496 e. The van der Waals surface area contributed by atoms with Gasteiger partial charge in [-0.15, -0.1) is 0 Å². The third kappa shape index (κ3) is 3.59. The second-order valence-electron chi connectivity index (χ2n) is 5.29. The Hall–Kier alpha value is -2.76. The summed E-state index contributed by atoms with van der Waals surface area (Å²) < 4.78 is 7.08. The Morgan fingerprint density at radius 1 is 1.46 bits per heavy atom. The number of hydrogen-bond donors (Lipinski definition) is 1. The maximum Gasteiger partial charge on any atom is 0.270 e. The second kappa shape index (κ2) is 7.64. The van der Waals surface area contributed by atoms with Gasteiger partial charge >= 0.3 is 0 Å². The predicted octanol–water partition coefficient (Wildman–Crippen LogP) is 2.94. The van der Waals surface area contributed by atoms with Crippen LogP contribution in [0.3, 0.4) is 0 Å². The normalized spacial score (nSPS) is 10.5. The summed E-state index contributed by atoms with van der Waals surface area (Å²) in [6, 6.07) is 7.31. The maximum atomic E-state index is 12.1. The van der Waals surface area contributed by atoms with Crippen molar-refractivity contribution in [3.05, 3.63) is 57.1 Å². The van der Waals surface area contributed by atoms with Gasteiger partial charge in [-0.1, -0.05) is 23.4 Å². The number of nitriles is 1. The molecule has 132 valence electrons. The molecule has 7 nitrogen and oxygen atoms in total. The highest BCUT2D eigenvalue weighted by Gasteiger charge is 2.15. The van der Waals surface area contributed by atoms with Crippen molar-refractivity contribution >= 4 is 23.4 Å². The SMILES string of the molecule is COc1ccc(-c2nc(SC)[nH]c(=O)c2C#N)cc1Cn1cc(Cl)cn1. The molecule has 1 aromatic carbocycles. The first-order chi connectivity index (χ1) is 12.5. The maximum absolute atomic E-state index is 12.1. The van der Waals surface area contributed by atoms with Crippen molar-refractivity contribution in [3.8, 4) is 23.1 Å². The van der Waals surface area contributed by atoms with E-state index in [1.165, 1.54) is 11.8 Å². The van der Waals surface area contributed by atoms with E-state index in [4.69, 9.17) is 16.3 Å². The fourth-order valence-corrected chi connectivity index (χ4v) is 3.04. The number of H-pyrrole nitrogens is 1. The lowest BCUT2D eigenvalue weighted by Crippen LogP contribution is -2.14. The monoisotopic (exact) mass is 387 g/mol. The Bertz CT molecular complexity index is 1050. The van der Waals surface area contributed by atoms with Gasteiger partial charge in [0.25, 0.3) is 5.56 Å². The van der Waals surface area contributed by atoms with Crippen LogP contribution in [0.4, 0.5) is 0 Å². The van der Waals surface area contributed by atoms with Crippen molar-refractivity contribution in [2.24, 2.45) is 0 Å². The van der Waals surface area contributed by atoms with Gasteiger partial charge in [-0.3, -0.25) is 9.48 Å². The number of thioether (sulfide) groups is 1. The molecule has 1 N–H and O–H groups in total. The van der Waals surface area contributed by atoms with Crippen LogP contribution in [0.5, 0.6) is 5.75 Å². The van der Waals surface area contributed by atoms with Crippen LogP contribution in [0.2, 0.25) is 5.02 Å². The van der Waals surface area contributed by atoms with E-state index in [-0.39, 0.29) is 5.56 Å². The average molecular weight is 388 g/mol. The van der Waals surface area contributed by atoms with Crippen LogP contribution in [-0.4, -0.2) is 33.1 Å². The van der Waals surface area contributed by atoms with Crippen molar-refractivity contribution in [1.82, 2.24) is 19.7 Å². The van der Waals surface area contributed by atoms with Crippen LogP contribution >= 0.6 is 23.4 Å². The molecular formula is C17H14ClN5O2S. The van der Waals surface area contributed by atoms with Crippen molar-refractivity contribution in [1.29, 1.82) is 5.26 Å². The molecular weight excluding hydrogens is 374 g/mol. The van der Waals surface area contributed by atoms with Gasteiger partial charge in [-0.05, 0) is 24.5 Å². The molecule has 26 heavy (non-hydrogen) atoms. The minimum absolute atomic E-state index is 0.0268. The van der Waals surface area contributed by atoms with E-state index in [1.54, 1.807) is 42.6 Å². The average Bonchev–Trinajstić information content (AvgIpc) is 3.05. The highest BCUT2D eigenvalue weighted by Crippen LogP contribution is 2.28. The van der Waals surface area contributed by atoms with Crippen LogP contribution in [-0.2, 0) is 6.54 Å². The molecule has 0 bridgehead atoms. The van der Waals surface area contributed by atoms with E-state index in [2.05, 4.69) is 15.1 Å². The van der Waals surface area contributed by atoms with Gasteiger partial charge in [0.1, 0.15) is 17.4 Å². The van der Waals surface area contributed by atoms with Crippen molar-refractivity contribution < 1.29 is 4.74 Å². The zero-order valence-electron chi connectivity index (χ0n) is 14.0. The number of hydrogen-bond acceptors (Lipinski definition) is 6. The van der Waals surface area contributed by atoms with Crippen LogP contribution in [0, 0.1) is 11.3 Å². The van der Waals surface area contributed by atoms with Crippen LogP contribution in [0.25, 0.3) is 11.3 Å². The predicted molar refractivity (Wildman–Crippen MR) is 99.7 cm³/mol. The van der Waals surface area contributed by atoms with Crippen molar-refractivity contribution in [3.63, 3.8) is 0 Å². The zero-order chi connectivity index (χ0) is 18.7. The number of rotatable bonds is 5. The number of ether oxygens (including phenoxy) is 1. The van der Waals surface area contributed by atoms with Crippen LogP contribution in [0.15, 0.2) is 40.5 Å². The summed E-state index contributed by atoms with van der Waals surface area (Å²) >= 11 is 7.22. The van der Waals surface area contributed by atoms with E-state index >= 15 is 0 Å². The fraction of sp³-hybridized carbons (Fsp3) is 0.176. The molecule has 0 atom stereocenters. The van der Waals surface area contributed by atoms with E-state index < -0.39 is 5.56 Å². The van der Waals surface area contributed by atoms with Crippen molar-refractivity contribution in [2.45, 2.75) is 11.7 Å². The number of nitrogens with one attached hydrogen (secondary N) is 1. The minimum atomic E-state index is -0.460. The lowest BCUT2D eigenvalue weighted by molar-refractivity contribution is 0.407. The summed E-state index contributed by atoms with van der Waals surface area (Å²) in [4.78, 5) is 19.1. The summed E-state index contributed by atoms with van der Waals surface area (Å²) in [5.74, 6) is 0.661. The summed E-state index contributed by atoms with van der Waals surface area (Å²) in [5.41, 5.74) is 1.32. The zero-order valence-corrected chi connectivity index (χ0v) is 15.6. The Labute approximate surface area is 158 Å². The molecule has 0 amide bonds. The van der Waals surface area contributed by atoms with Gasteiger partial charge in [0.2, 0.25) is 0 Å². The second-order valence-corrected chi connectivity index (χ2v) is 6.52. The van der Waals surface area contributed by atoms with E-state index in [0.29, 0.717) is 33.7 Å². The Morgan fingerprint density at radius 2 is 2.27 bits per heavy atom. The summed E-state index contributed by atoms with van der Waals surface area (Å²) in [5, 5.41) is 14.5. The van der Waals surface area contributed by atoms with Gasteiger partial charge in [0.15, 0.2) is 5.16 Å². The number of aromatic nitrogens is 4. The lowest BCUT2D eigenvalue weighted by atomic mass is 10.0. The van der Waals surface area contributed by atoms with E-state index in [9.17, 15) is 10.1 Å². The molecule has 2 heterocycles. The molecule has 0 spiro atoms. The standard InChI is InChI=1S/C17H14ClN5O2S/c1-25-14-4-3-10(5-11(14)8-23-9-12(18)7-20-23)15-13(6-19)16(24)22-17(21-15)26-2/h3-5,7,9H,8H2,1-2H3,(H,21,22,24). The first kappa shape index (κ1) is 18.0. The number of aromatic amines is 1. The topological polar surface area (TPSA) is 96.6 Å². The quantitative estimate of drug-likeness (QED) is 0.534. The molecule has 3 rings (SSSR count). The van der Waals surface area contributed by atoms with Gasteiger partial charge in [-0.25, -0.2) is 4.98 Å². The number of benzene rings is 1. The number of methoxy groups -OCH3 is 1. The van der Waals surface area contributed by atoms with Gasteiger partial charge in [0.05, 0.1) is 30.6 Å². The van der Waals surface area contributed by atoms with Gasteiger partial charge in [-0.2, -0.15) is 10.4 Å². The molecule has 0 saturated heterocycles. The summed E-state index contributed by atoms with van der Waals surface area (Å²) in [6.45, 7) is 0.421. The molecule has 0 aliphatic carbocycles. The molecule has 2 aromatic heterocycles. The lowest BCUT2D eigenvalue weighted by Gasteiger charge is -2.12. The number of halogens is 1. The Morgan fingerprint density at radius 3 is 2.88 bits per heavy atom. The highest BCUT2D eigenvalue weighted by atomic mass is 35.5. The Kier molecular flexibility index (Phi) is 5.30. The first-order valence-electron chi connectivity index (χ1n) is 7.49. The first-order valence-corrected chi connectivity index (χ1v) is 9.09. The molecule has 9 heteroatoms. The molecule has 0 radical (unpaired) electrons. The van der Waals surface area contributed by atoms with Gasteiger partial charge < -0.3 is 9.72 Å². The molecule has 0 aliphatic rings. The van der Waals surface area contributed by atoms with E-state index in [1.807, 2.05) is 12.1 Å². The van der Waals surface area contributed by atoms with Crippen LogP contribution in [0.1, 0.15) is 11.1 Å². The Balaban J connectivity index is 2.12. The molecule has 3 aromatic rings. The smallest absolute Gasteiger partial charge is 0.270 e. The molecule has 0 fully saturated rings. The summed E-state index contributed by atoms with van der Waals surface area (Å²) in [7, 11) is 1.58. The summed E-state index contributed by atoms with van der Waals surface area (Å²) in [6.07, 6.45) is 5.05. The van der Waals surface area contributed by atoms with E-state index in [0.717, 1.165) is 5.56 Å². The highest BCUT2D eigenvalue weighted by molar-refractivity contribution is 7.98.